The number of imidazole rings is 2. The van der Waals surface area contributed by atoms with Crippen LogP contribution >= 0.6 is 0 Å². The van der Waals surface area contributed by atoms with Crippen LogP contribution in [0.3, 0.4) is 0 Å². The van der Waals surface area contributed by atoms with E-state index in [0.29, 0.717) is 0 Å². The van der Waals surface area contributed by atoms with Gasteiger partial charge in [0, 0.05) is 48.0 Å². The summed E-state index contributed by atoms with van der Waals surface area (Å²) in [6.45, 7) is 0. The number of pyridine rings is 3. The molecule has 8 nitrogen and oxygen atoms in total. The molecule has 8 heteroatoms. The first-order valence-corrected chi connectivity index (χ1v) is 13.2. The number of hydrogen-bond donors (Lipinski definition) is 0. The zero-order chi connectivity index (χ0) is 27.2. The normalized spacial score (nSPS) is 11.4. The van der Waals surface area contributed by atoms with Gasteiger partial charge in [0.15, 0.2) is 0 Å². The fourth-order valence-electron chi connectivity index (χ4n) is 5.43. The Morgan fingerprint density at radius 2 is 1.15 bits per heavy atom. The van der Waals surface area contributed by atoms with Gasteiger partial charge in [0.1, 0.15) is 0 Å². The van der Waals surface area contributed by atoms with Gasteiger partial charge in [0.25, 0.3) is 0 Å². The number of aromatic nitrogens is 8. The zero-order valence-corrected chi connectivity index (χ0v) is 21.8. The lowest BCUT2D eigenvalue weighted by Gasteiger charge is -2.15. The van der Waals surface area contributed by atoms with Crippen LogP contribution in [0, 0.1) is 0 Å². The summed E-state index contributed by atoms with van der Waals surface area (Å²) in [5.74, 6) is 0. The van der Waals surface area contributed by atoms with E-state index in [0.717, 1.165) is 61.6 Å². The van der Waals surface area contributed by atoms with Crippen LogP contribution in [0.25, 0.3) is 61.6 Å². The maximum Gasteiger partial charge on any atom is 0.0994 e. The van der Waals surface area contributed by atoms with Crippen LogP contribution in [0.5, 0.6) is 0 Å². The second-order valence-electron chi connectivity index (χ2n) is 9.68. The second-order valence-corrected chi connectivity index (χ2v) is 9.68. The third-order valence-electron chi connectivity index (χ3n) is 7.24. The van der Waals surface area contributed by atoms with E-state index in [1.807, 2.05) is 76.8 Å². The summed E-state index contributed by atoms with van der Waals surface area (Å²) in [4.78, 5) is 23.1. The molecule has 8 rings (SSSR count). The molecule has 0 unspecified atom stereocenters. The van der Waals surface area contributed by atoms with Gasteiger partial charge in [-0.15, -0.1) is 0 Å². The number of para-hydroxylation sites is 1. The number of rotatable bonds is 5. The molecule has 0 aliphatic heterocycles. The van der Waals surface area contributed by atoms with Crippen molar-refractivity contribution >= 4 is 21.8 Å². The van der Waals surface area contributed by atoms with E-state index in [1.165, 1.54) is 0 Å². The molecule has 6 aromatic heterocycles. The molecule has 0 atom stereocenters. The molecule has 41 heavy (non-hydrogen) atoms. The molecule has 6 heterocycles. The van der Waals surface area contributed by atoms with E-state index in [-0.39, 0.29) is 0 Å². The number of fused-ring (bicyclic) bond motifs is 3. The molecule has 0 bridgehead atoms. The predicted octanol–water partition coefficient (Wildman–Crippen LogP) is 6.67. The first-order chi connectivity index (χ1) is 20.3. The van der Waals surface area contributed by atoms with Crippen molar-refractivity contribution in [3.8, 4) is 39.8 Å². The Hall–Kier alpha value is -5.89. The van der Waals surface area contributed by atoms with E-state index in [4.69, 9.17) is 9.97 Å². The topological polar surface area (TPSA) is 79.2 Å². The third-order valence-corrected chi connectivity index (χ3v) is 7.24. The van der Waals surface area contributed by atoms with Gasteiger partial charge in [-0.25, -0.2) is 15.0 Å². The largest absolute Gasteiger partial charge is 0.309 e. The van der Waals surface area contributed by atoms with Crippen molar-refractivity contribution in [2.24, 2.45) is 0 Å². The molecule has 0 spiro atoms. The minimum absolute atomic E-state index is 0.781. The molecule has 0 amide bonds. The van der Waals surface area contributed by atoms with Gasteiger partial charge < -0.3 is 13.7 Å². The molecule has 0 fully saturated rings. The first kappa shape index (κ1) is 23.0. The standard InChI is InChI=1S/C33H22N8/c1-2-10-30-26(7-1)32-31(20-29(27-8-3-5-11-36-27)38-33(32)28-9-4-6-12-37-28)41(30)25-18-23(39-15-13-34-21-39)17-24(19-25)40-16-14-35-22-40/h1-22H. The zero-order valence-electron chi connectivity index (χ0n) is 21.8. The van der Waals surface area contributed by atoms with Crippen LogP contribution in [0.15, 0.2) is 135 Å². The Balaban J connectivity index is 1.50. The lowest BCUT2D eigenvalue weighted by atomic mass is 10.1. The molecular weight excluding hydrogens is 508 g/mol. The summed E-state index contributed by atoms with van der Waals surface area (Å²) in [5.41, 5.74) is 8.26. The highest BCUT2D eigenvalue weighted by atomic mass is 15.1. The van der Waals surface area contributed by atoms with E-state index < -0.39 is 0 Å². The summed E-state index contributed by atoms with van der Waals surface area (Å²) >= 11 is 0. The monoisotopic (exact) mass is 530 g/mol. The summed E-state index contributed by atoms with van der Waals surface area (Å²) < 4.78 is 6.32. The van der Waals surface area contributed by atoms with Crippen molar-refractivity contribution in [1.82, 2.24) is 38.6 Å². The molecule has 0 saturated carbocycles. The fraction of sp³-hybridized carbons (Fsp3) is 0. The average molecular weight is 531 g/mol. The van der Waals surface area contributed by atoms with Gasteiger partial charge in [-0.1, -0.05) is 30.3 Å². The molecule has 2 aromatic carbocycles. The number of nitrogens with zero attached hydrogens (tertiary/aromatic N) is 8. The summed E-state index contributed by atoms with van der Waals surface area (Å²) in [5, 5.41) is 2.14. The van der Waals surface area contributed by atoms with E-state index >= 15 is 0 Å². The van der Waals surface area contributed by atoms with E-state index in [2.05, 4.69) is 68.0 Å². The minimum Gasteiger partial charge on any atom is -0.309 e. The van der Waals surface area contributed by atoms with Crippen LogP contribution in [0.4, 0.5) is 0 Å². The van der Waals surface area contributed by atoms with Crippen LogP contribution in [0.2, 0.25) is 0 Å². The van der Waals surface area contributed by atoms with Crippen molar-refractivity contribution in [3.63, 3.8) is 0 Å². The SMILES string of the molecule is c1ccc(-c2cc3c(c(-c4ccccn4)n2)c2ccccc2n3-c2cc(-n3ccnc3)cc(-n3ccnc3)c2)nc1. The van der Waals surface area contributed by atoms with Crippen LogP contribution in [0.1, 0.15) is 0 Å². The Kier molecular flexibility index (Phi) is 5.28. The highest BCUT2D eigenvalue weighted by Gasteiger charge is 2.21. The molecule has 0 saturated heterocycles. The molecular formula is C33H22N8. The highest BCUT2D eigenvalue weighted by molar-refractivity contribution is 6.15. The second kappa shape index (κ2) is 9.39. The minimum atomic E-state index is 0.781. The highest BCUT2D eigenvalue weighted by Crippen LogP contribution is 2.39. The Morgan fingerprint density at radius 1 is 0.512 bits per heavy atom. The lowest BCUT2D eigenvalue weighted by molar-refractivity contribution is 1.01. The predicted molar refractivity (Wildman–Crippen MR) is 159 cm³/mol. The molecule has 0 aliphatic carbocycles. The van der Waals surface area contributed by atoms with Crippen molar-refractivity contribution in [1.29, 1.82) is 0 Å². The molecule has 0 radical (unpaired) electrons. The first-order valence-electron chi connectivity index (χ1n) is 13.2. The third kappa shape index (κ3) is 3.89. The van der Waals surface area contributed by atoms with Crippen molar-refractivity contribution in [2.45, 2.75) is 0 Å². The molecule has 8 aromatic rings. The Labute approximate surface area is 234 Å². The number of benzene rings is 2. The summed E-state index contributed by atoms with van der Waals surface area (Å²) in [6, 6.07) is 28.9. The van der Waals surface area contributed by atoms with Crippen molar-refractivity contribution in [3.05, 3.63) is 135 Å². The van der Waals surface area contributed by atoms with Crippen LogP contribution in [-0.2, 0) is 0 Å². The van der Waals surface area contributed by atoms with Gasteiger partial charge in [0.05, 0.1) is 63.5 Å². The van der Waals surface area contributed by atoms with Gasteiger partial charge in [-0.05, 0) is 54.6 Å². The Morgan fingerprint density at radius 3 is 1.78 bits per heavy atom. The number of hydrogen-bond acceptors (Lipinski definition) is 5. The van der Waals surface area contributed by atoms with Gasteiger partial charge in [-0.2, -0.15) is 0 Å². The maximum absolute atomic E-state index is 5.15. The van der Waals surface area contributed by atoms with Crippen molar-refractivity contribution in [2.75, 3.05) is 0 Å². The molecule has 194 valence electrons. The van der Waals surface area contributed by atoms with E-state index in [1.54, 1.807) is 18.6 Å². The summed E-state index contributed by atoms with van der Waals surface area (Å²) in [7, 11) is 0. The molecule has 0 N–H and O–H groups in total. The van der Waals surface area contributed by atoms with Crippen LogP contribution < -0.4 is 0 Å². The lowest BCUT2D eigenvalue weighted by Crippen LogP contribution is -2.02. The van der Waals surface area contributed by atoms with E-state index in [9.17, 15) is 0 Å². The van der Waals surface area contributed by atoms with Gasteiger partial charge >= 0.3 is 0 Å². The fourth-order valence-corrected chi connectivity index (χ4v) is 5.43. The quantitative estimate of drug-likeness (QED) is 0.248. The molecule has 0 aliphatic rings. The van der Waals surface area contributed by atoms with Gasteiger partial charge in [0.2, 0.25) is 0 Å². The summed E-state index contributed by atoms with van der Waals surface area (Å²) in [6.07, 6.45) is 14.7. The van der Waals surface area contributed by atoms with Crippen LogP contribution in [-0.4, -0.2) is 38.6 Å². The Bertz CT molecular complexity index is 2080. The smallest absolute Gasteiger partial charge is 0.0994 e. The van der Waals surface area contributed by atoms with Crippen molar-refractivity contribution < 1.29 is 0 Å². The average Bonchev–Trinajstić information content (AvgIpc) is 3.82. The van der Waals surface area contributed by atoms with Gasteiger partial charge in [-0.3, -0.25) is 9.97 Å². The maximum atomic E-state index is 5.15.